The lowest BCUT2D eigenvalue weighted by molar-refractivity contribution is 0.315. The average molecular weight is 427 g/mol. The monoisotopic (exact) mass is 426 g/mol. The first-order valence-electron chi connectivity index (χ1n) is 10.2. The van der Waals surface area contributed by atoms with Gasteiger partial charge in [0.1, 0.15) is 5.75 Å². The number of hydrogen-bond donors (Lipinski definition) is 1. The predicted octanol–water partition coefficient (Wildman–Crippen LogP) is 3.98. The normalized spacial score (nSPS) is 15.2. The summed E-state index contributed by atoms with van der Waals surface area (Å²) < 4.78 is 33.7. The highest BCUT2D eigenvalue weighted by Gasteiger charge is 2.34. The number of hydrogen-bond acceptors (Lipinski definition) is 4. The Hall–Kier alpha value is -2.64. The van der Waals surface area contributed by atoms with Gasteiger partial charge >= 0.3 is 0 Å². The number of fused-ring (bicyclic) bond motifs is 1. The Bertz CT molecular complexity index is 1210. The van der Waals surface area contributed by atoms with Gasteiger partial charge in [-0.1, -0.05) is 31.0 Å². The van der Waals surface area contributed by atoms with Gasteiger partial charge in [-0.25, -0.2) is 8.42 Å². The summed E-state index contributed by atoms with van der Waals surface area (Å²) in [6.07, 6.45) is 3.60. The van der Waals surface area contributed by atoms with E-state index in [1.54, 1.807) is 31.4 Å². The van der Waals surface area contributed by atoms with Gasteiger partial charge in [-0.2, -0.15) is 4.31 Å². The maximum atomic E-state index is 13.5. The standard InChI is InChI=1S/C23H26N2O4S/c1-16-6-5-7-17-14-18(23(26)24-22(16)17)15-25(19-8-3-4-9-19)30(27,28)21-12-10-20(29-2)11-13-21/h5-7,10-14,19H,3-4,8-9,15H2,1-2H3,(H,24,26). The third kappa shape index (κ3) is 3.87. The molecule has 1 aliphatic carbocycles. The van der Waals surface area contributed by atoms with E-state index in [4.69, 9.17) is 4.74 Å². The van der Waals surface area contributed by atoms with Crippen molar-refractivity contribution in [3.63, 3.8) is 0 Å². The third-order valence-electron chi connectivity index (χ3n) is 5.89. The molecule has 0 saturated heterocycles. The summed E-state index contributed by atoms with van der Waals surface area (Å²) >= 11 is 0. The fourth-order valence-corrected chi connectivity index (χ4v) is 5.86. The summed E-state index contributed by atoms with van der Waals surface area (Å²) in [4.78, 5) is 15.9. The molecule has 1 N–H and O–H groups in total. The van der Waals surface area contributed by atoms with E-state index in [-0.39, 0.29) is 23.0 Å². The summed E-state index contributed by atoms with van der Waals surface area (Å²) in [5.41, 5.74) is 1.98. The van der Waals surface area contributed by atoms with E-state index in [0.29, 0.717) is 11.3 Å². The van der Waals surface area contributed by atoms with E-state index in [2.05, 4.69) is 4.98 Å². The zero-order chi connectivity index (χ0) is 21.3. The van der Waals surface area contributed by atoms with Gasteiger partial charge < -0.3 is 9.72 Å². The molecule has 0 atom stereocenters. The first-order chi connectivity index (χ1) is 14.4. The highest BCUT2D eigenvalue weighted by molar-refractivity contribution is 7.89. The summed E-state index contributed by atoms with van der Waals surface area (Å²) in [7, 11) is -2.22. The van der Waals surface area contributed by atoms with Crippen LogP contribution >= 0.6 is 0 Å². The lowest BCUT2D eigenvalue weighted by Gasteiger charge is -2.28. The molecule has 1 fully saturated rings. The molecule has 1 heterocycles. The number of nitrogens with one attached hydrogen (secondary N) is 1. The number of benzene rings is 2. The van der Waals surface area contributed by atoms with Crippen LogP contribution in [0.2, 0.25) is 0 Å². The second-order valence-electron chi connectivity index (χ2n) is 7.83. The predicted molar refractivity (Wildman–Crippen MR) is 117 cm³/mol. The van der Waals surface area contributed by atoms with Crippen molar-refractivity contribution >= 4 is 20.9 Å². The summed E-state index contributed by atoms with van der Waals surface area (Å²) in [6.45, 7) is 2.00. The van der Waals surface area contributed by atoms with E-state index in [1.165, 1.54) is 4.31 Å². The molecule has 6 nitrogen and oxygen atoms in total. The first kappa shape index (κ1) is 20.6. The molecule has 1 aliphatic rings. The molecule has 30 heavy (non-hydrogen) atoms. The molecule has 3 aromatic rings. The molecule has 0 amide bonds. The number of rotatable bonds is 6. The first-order valence-corrected chi connectivity index (χ1v) is 11.6. The lowest BCUT2D eigenvalue weighted by Crippen LogP contribution is -2.39. The topological polar surface area (TPSA) is 79.5 Å². The van der Waals surface area contributed by atoms with Gasteiger partial charge in [-0.15, -0.1) is 0 Å². The van der Waals surface area contributed by atoms with Crippen molar-refractivity contribution in [1.29, 1.82) is 0 Å². The van der Waals surface area contributed by atoms with Crippen LogP contribution in [0.15, 0.2) is 58.2 Å². The van der Waals surface area contributed by atoms with E-state index in [9.17, 15) is 13.2 Å². The van der Waals surface area contributed by atoms with E-state index >= 15 is 0 Å². The Kier molecular flexibility index (Phi) is 5.66. The molecule has 0 radical (unpaired) electrons. The lowest BCUT2D eigenvalue weighted by atomic mass is 10.1. The van der Waals surface area contributed by atoms with Crippen LogP contribution in [0, 0.1) is 6.92 Å². The Morgan fingerprint density at radius 2 is 1.80 bits per heavy atom. The SMILES string of the molecule is COc1ccc(S(=O)(=O)N(Cc2cc3cccc(C)c3[nH]c2=O)C2CCCC2)cc1. The van der Waals surface area contributed by atoms with Gasteiger partial charge in [0, 0.05) is 18.2 Å². The van der Waals surface area contributed by atoms with Crippen LogP contribution in [0.25, 0.3) is 10.9 Å². The molecule has 4 rings (SSSR count). The smallest absolute Gasteiger partial charge is 0.252 e. The van der Waals surface area contributed by atoms with Crippen molar-refractivity contribution in [2.24, 2.45) is 0 Å². The van der Waals surface area contributed by atoms with Crippen LogP contribution in [-0.4, -0.2) is 30.9 Å². The number of nitrogens with zero attached hydrogens (tertiary/aromatic N) is 1. The van der Waals surface area contributed by atoms with Gasteiger partial charge in [0.25, 0.3) is 5.56 Å². The highest BCUT2D eigenvalue weighted by atomic mass is 32.2. The van der Waals surface area contributed by atoms with Crippen molar-refractivity contribution in [2.75, 3.05) is 7.11 Å². The zero-order valence-electron chi connectivity index (χ0n) is 17.2. The molecule has 7 heteroatoms. The highest BCUT2D eigenvalue weighted by Crippen LogP contribution is 2.31. The van der Waals surface area contributed by atoms with Crippen LogP contribution < -0.4 is 10.3 Å². The summed E-state index contributed by atoms with van der Waals surface area (Å²) in [6, 6.07) is 13.9. The Balaban J connectivity index is 1.75. The van der Waals surface area contributed by atoms with Crippen molar-refractivity contribution < 1.29 is 13.2 Å². The maximum Gasteiger partial charge on any atom is 0.252 e. The quantitative estimate of drug-likeness (QED) is 0.647. The minimum Gasteiger partial charge on any atom is -0.497 e. The van der Waals surface area contributed by atoms with Crippen molar-refractivity contribution in [2.45, 2.75) is 50.1 Å². The van der Waals surface area contributed by atoms with E-state index in [1.807, 2.05) is 31.2 Å². The number of sulfonamides is 1. The molecule has 1 saturated carbocycles. The minimum absolute atomic E-state index is 0.0538. The molecular formula is C23H26N2O4S. The average Bonchev–Trinajstić information content (AvgIpc) is 3.27. The van der Waals surface area contributed by atoms with Crippen LogP contribution in [0.4, 0.5) is 0 Å². The van der Waals surface area contributed by atoms with Gasteiger partial charge in [0.2, 0.25) is 10.0 Å². The second kappa shape index (κ2) is 8.24. The zero-order valence-corrected chi connectivity index (χ0v) is 18.0. The van der Waals surface area contributed by atoms with Crippen LogP contribution in [0.3, 0.4) is 0 Å². The molecule has 0 spiro atoms. The molecule has 2 aromatic carbocycles. The largest absolute Gasteiger partial charge is 0.497 e. The van der Waals surface area contributed by atoms with Gasteiger partial charge in [-0.3, -0.25) is 4.79 Å². The van der Waals surface area contributed by atoms with Crippen molar-refractivity contribution in [3.05, 3.63) is 70.0 Å². The molecule has 0 unspecified atom stereocenters. The van der Waals surface area contributed by atoms with Gasteiger partial charge in [0.05, 0.1) is 17.5 Å². The number of methoxy groups -OCH3 is 1. The summed E-state index contributed by atoms with van der Waals surface area (Å²) in [5, 5.41) is 0.901. The van der Waals surface area contributed by atoms with Crippen LogP contribution in [-0.2, 0) is 16.6 Å². The van der Waals surface area contributed by atoms with E-state index < -0.39 is 10.0 Å². The number of H-pyrrole nitrogens is 1. The molecule has 0 aliphatic heterocycles. The van der Waals surface area contributed by atoms with E-state index in [0.717, 1.165) is 42.1 Å². The molecular weight excluding hydrogens is 400 g/mol. The molecule has 0 bridgehead atoms. The Labute approximate surface area is 176 Å². The maximum absolute atomic E-state index is 13.5. The Morgan fingerprint density at radius 3 is 2.47 bits per heavy atom. The van der Waals surface area contributed by atoms with Crippen LogP contribution in [0.5, 0.6) is 5.75 Å². The van der Waals surface area contributed by atoms with Gasteiger partial charge in [-0.05, 0) is 61.0 Å². The number of aromatic nitrogens is 1. The molecule has 1 aromatic heterocycles. The number of para-hydroxylation sites is 1. The van der Waals surface area contributed by atoms with Gasteiger partial charge in [0.15, 0.2) is 0 Å². The van der Waals surface area contributed by atoms with Crippen LogP contribution in [0.1, 0.15) is 36.8 Å². The Morgan fingerprint density at radius 1 is 1.10 bits per heavy atom. The second-order valence-corrected chi connectivity index (χ2v) is 9.72. The number of aryl methyl sites for hydroxylation is 1. The number of pyridine rings is 1. The fourth-order valence-electron chi connectivity index (χ4n) is 4.20. The van der Waals surface area contributed by atoms with Crippen molar-refractivity contribution in [1.82, 2.24) is 9.29 Å². The van der Waals surface area contributed by atoms with Crippen molar-refractivity contribution in [3.8, 4) is 5.75 Å². The summed E-state index contributed by atoms with van der Waals surface area (Å²) in [5.74, 6) is 0.600. The molecule has 158 valence electrons. The third-order valence-corrected chi connectivity index (χ3v) is 7.80. The number of aromatic amines is 1. The number of ether oxygens (including phenoxy) is 1. The minimum atomic E-state index is -3.76. The fraction of sp³-hybridized carbons (Fsp3) is 0.348.